The van der Waals surface area contributed by atoms with Crippen LogP contribution in [0.4, 0.5) is 0 Å². The van der Waals surface area contributed by atoms with Crippen molar-refractivity contribution < 1.29 is 14.3 Å². The molecule has 1 heterocycles. The molecule has 1 atom stereocenters. The number of carbonyl (C=O) groups is 2. The van der Waals surface area contributed by atoms with Gasteiger partial charge in [0.05, 0.1) is 6.10 Å². The van der Waals surface area contributed by atoms with Crippen LogP contribution in [0, 0.1) is 0 Å². The van der Waals surface area contributed by atoms with E-state index in [0.29, 0.717) is 6.54 Å². The van der Waals surface area contributed by atoms with Crippen molar-refractivity contribution in [3.8, 4) is 0 Å². The predicted molar refractivity (Wildman–Crippen MR) is 64.5 cm³/mol. The lowest BCUT2D eigenvalue weighted by Gasteiger charge is -2.48. The molecule has 0 bridgehead atoms. The first kappa shape index (κ1) is 14.0. The lowest BCUT2D eigenvalue weighted by Crippen LogP contribution is -2.73. The van der Waals surface area contributed by atoms with E-state index in [9.17, 15) is 9.59 Å². The van der Waals surface area contributed by atoms with Crippen LogP contribution in [0.1, 0.15) is 34.6 Å². The molecule has 17 heavy (non-hydrogen) atoms. The van der Waals surface area contributed by atoms with E-state index >= 15 is 0 Å². The maximum atomic E-state index is 12.3. The van der Waals surface area contributed by atoms with Gasteiger partial charge in [-0.2, -0.15) is 0 Å². The van der Waals surface area contributed by atoms with Crippen molar-refractivity contribution in [2.45, 2.75) is 51.8 Å². The molecule has 98 valence electrons. The molecule has 0 radical (unpaired) electrons. The first-order valence-corrected chi connectivity index (χ1v) is 5.80. The molecule has 0 saturated carbocycles. The number of ether oxygens (including phenoxy) is 1. The molecule has 1 N–H and O–H groups in total. The number of carbonyl (C=O) groups excluding carboxylic acids is 2. The fraction of sp³-hybridized carbons (Fsp3) is 0.833. The topological polar surface area (TPSA) is 58.6 Å². The van der Waals surface area contributed by atoms with Gasteiger partial charge in [0.25, 0.3) is 0 Å². The number of hydrogen-bond donors (Lipinski definition) is 1. The van der Waals surface area contributed by atoms with Crippen molar-refractivity contribution in [2.24, 2.45) is 0 Å². The Bertz CT molecular complexity index is 337. The first-order valence-electron chi connectivity index (χ1n) is 5.80. The fourth-order valence-corrected chi connectivity index (χ4v) is 1.85. The van der Waals surface area contributed by atoms with Crippen molar-refractivity contribution in [1.29, 1.82) is 0 Å². The zero-order valence-electron chi connectivity index (χ0n) is 11.5. The van der Waals surface area contributed by atoms with E-state index in [2.05, 4.69) is 5.32 Å². The highest BCUT2D eigenvalue weighted by Crippen LogP contribution is 2.26. The molecule has 5 heteroatoms. The molecule has 1 aliphatic rings. The maximum Gasteiger partial charge on any atom is 0.248 e. The van der Waals surface area contributed by atoms with Gasteiger partial charge in [-0.3, -0.25) is 9.59 Å². The Morgan fingerprint density at radius 3 is 2.29 bits per heavy atom. The SMILES string of the molecule is COC(C)CN1C(=O)C(C)(C)NC(=O)C1(C)C. The van der Waals surface area contributed by atoms with E-state index in [4.69, 9.17) is 4.74 Å². The Kier molecular flexibility index (Phi) is 3.52. The molecule has 5 nitrogen and oxygen atoms in total. The number of amides is 2. The van der Waals surface area contributed by atoms with Crippen molar-refractivity contribution in [1.82, 2.24) is 10.2 Å². The Balaban J connectivity index is 3.03. The molecule has 1 fully saturated rings. The van der Waals surface area contributed by atoms with E-state index in [1.807, 2.05) is 6.92 Å². The predicted octanol–water partition coefficient (Wildman–Crippen LogP) is 0.537. The minimum Gasteiger partial charge on any atom is -0.380 e. The fourth-order valence-electron chi connectivity index (χ4n) is 1.85. The molecule has 1 aliphatic heterocycles. The first-order chi connectivity index (χ1) is 7.63. The van der Waals surface area contributed by atoms with Crippen LogP contribution in [-0.4, -0.2) is 47.6 Å². The van der Waals surface area contributed by atoms with E-state index in [0.717, 1.165) is 0 Å². The van der Waals surface area contributed by atoms with Gasteiger partial charge in [-0.1, -0.05) is 0 Å². The summed E-state index contributed by atoms with van der Waals surface area (Å²) >= 11 is 0. The zero-order chi connectivity index (χ0) is 13.4. The Morgan fingerprint density at radius 1 is 1.29 bits per heavy atom. The molecule has 0 aromatic carbocycles. The van der Waals surface area contributed by atoms with Crippen LogP contribution < -0.4 is 5.32 Å². The van der Waals surface area contributed by atoms with Crippen molar-refractivity contribution >= 4 is 11.8 Å². The van der Waals surface area contributed by atoms with Gasteiger partial charge in [-0.05, 0) is 34.6 Å². The second-order valence-corrected chi connectivity index (χ2v) is 5.60. The van der Waals surface area contributed by atoms with Crippen molar-refractivity contribution in [3.05, 3.63) is 0 Å². The smallest absolute Gasteiger partial charge is 0.248 e. The van der Waals surface area contributed by atoms with E-state index in [1.165, 1.54) is 0 Å². The normalized spacial score (nSPS) is 24.5. The summed E-state index contributed by atoms with van der Waals surface area (Å²) in [6.45, 7) is 9.22. The van der Waals surface area contributed by atoms with Crippen LogP contribution in [-0.2, 0) is 14.3 Å². The second kappa shape index (κ2) is 4.29. The highest BCUT2D eigenvalue weighted by Gasteiger charge is 2.50. The number of hydrogen-bond acceptors (Lipinski definition) is 3. The van der Waals surface area contributed by atoms with Gasteiger partial charge >= 0.3 is 0 Å². The molecule has 1 saturated heterocycles. The molecule has 0 spiro atoms. The molecule has 0 aromatic heterocycles. The summed E-state index contributed by atoms with van der Waals surface area (Å²) in [7, 11) is 1.59. The van der Waals surface area contributed by atoms with Gasteiger partial charge in [-0.15, -0.1) is 0 Å². The molecular formula is C12H22N2O3. The third-order valence-corrected chi connectivity index (χ3v) is 3.28. The summed E-state index contributed by atoms with van der Waals surface area (Å²) in [6, 6.07) is 0. The summed E-state index contributed by atoms with van der Waals surface area (Å²) in [4.78, 5) is 25.9. The average Bonchev–Trinajstić information content (AvgIpc) is 2.21. The quantitative estimate of drug-likeness (QED) is 0.785. The van der Waals surface area contributed by atoms with Gasteiger partial charge < -0.3 is 15.0 Å². The second-order valence-electron chi connectivity index (χ2n) is 5.60. The largest absolute Gasteiger partial charge is 0.380 e. The van der Waals surface area contributed by atoms with E-state index in [-0.39, 0.29) is 17.9 Å². The van der Waals surface area contributed by atoms with Crippen molar-refractivity contribution in [2.75, 3.05) is 13.7 Å². The van der Waals surface area contributed by atoms with Gasteiger partial charge in [0.2, 0.25) is 11.8 Å². The van der Waals surface area contributed by atoms with Gasteiger partial charge in [0.1, 0.15) is 11.1 Å². The number of piperazine rings is 1. The highest BCUT2D eigenvalue weighted by atomic mass is 16.5. The molecule has 2 amide bonds. The number of methoxy groups -OCH3 is 1. The Hall–Kier alpha value is -1.10. The summed E-state index contributed by atoms with van der Waals surface area (Å²) in [5.74, 6) is -0.212. The minimum atomic E-state index is -0.847. The third kappa shape index (κ3) is 2.44. The molecular weight excluding hydrogens is 220 g/mol. The van der Waals surface area contributed by atoms with Crippen LogP contribution in [0.3, 0.4) is 0 Å². The molecule has 1 rings (SSSR count). The van der Waals surface area contributed by atoms with Crippen LogP contribution in [0.5, 0.6) is 0 Å². The zero-order valence-corrected chi connectivity index (χ0v) is 11.5. The van der Waals surface area contributed by atoms with Gasteiger partial charge in [-0.25, -0.2) is 0 Å². The van der Waals surface area contributed by atoms with E-state index < -0.39 is 11.1 Å². The molecule has 1 unspecified atom stereocenters. The summed E-state index contributed by atoms with van der Waals surface area (Å²) in [5, 5.41) is 2.75. The van der Waals surface area contributed by atoms with Gasteiger partial charge in [0.15, 0.2) is 0 Å². The monoisotopic (exact) mass is 242 g/mol. The lowest BCUT2D eigenvalue weighted by molar-refractivity contribution is -0.161. The standard InChI is InChI=1S/C12H22N2O3/c1-8(17-6)7-14-10(16)11(2,3)13-9(15)12(14,4)5/h8H,7H2,1-6H3,(H,13,15). The Morgan fingerprint density at radius 2 is 1.82 bits per heavy atom. The number of nitrogens with one attached hydrogen (secondary N) is 1. The van der Waals surface area contributed by atoms with Crippen LogP contribution in [0.15, 0.2) is 0 Å². The van der Waals surface area contributed by atoms with Crippen LogP contribution >= 0.6 is 0 Å². The third-order valence-electron chi connectivity index (χ3n) is 3.28. The highest BCUT2D eigenvalue weighted by molar-refractivity contribution is 6.01. The summed E-state index contributed by atoms with van der Waals surface area (Å²) in [5.41, 5.74) is -1.68. The van der Waals surface area contributed by atoms with Crippen LogP contribution in [0.2, 0.25) is 0 Å². The van der Waals surface area contributed by atoms with Gasteiger partial charge in [0, 0.05) is 13.7 Å². The average molecular weight is 242 g/mol. The Labute approximate surface area is 102 Å². The summed E-state index contributed by atoms with van der Waals surface area (Å²) in [6.07, 6.45) is -0.0973. The summed E-state index contributed by atoms with van der Waals surface area (Å²) < 4.78 is 5.17. The molecule has 0 aliphatic carbocycles. The minimum absolute atomic E-state index is 0.0778. The number of nitrogens with zero attached hydrogens (tertiary/aromatic N) is 1. The van der Waals surface area contributed by atoms with Crippen molar-refractivity contribution in [3.63, 3.8) is 0 Å². The van der Waals surface area contributed by atoms with Crippen LogP contribution in [0.25, 0.3) is 0 Å². The van der Waals surface area contributed by atoms with E-state index in [1.54, 1.807) is 39.7 Å². The maximum absolute atomic E-state index is 12.3. The molecule has 0 aromatic rings. The number of rotatable bonds is 3. The lowest BCUT2D eigenvalue weighted by atomic mass is 9.89.